The molecule has 4 heteroatoms. The Morgan fingerprint density at radius 2 is 2.27 bits per heavy atom. The maximum atomic E-state index is 11.8. The number of hydrogen-bond acceptors (Lipinski definition) is 3. The van der Waals surface area contributed by atoms with Crippen molar-refractivity contribution in [2.75, 3.05) is 0 Å². The SMILES string of the molecule is CCCn1cc(C(=O)C(N)C(C)C)cn1. The normalized spacial score (nSPS) is 13.1. The van der Waals surface area contributed by atoms with Crippen LogP contribution in [0.1, 0.15) is 37.6 Å². The topological polar surface area (TPSA) is 60.9 Å². The van der Waals surface area contributed by atoms with Gasteiger partial charge in [0.2, 0.25) is 0 Å². The Kier molecular flexibility index (Phi) is 4.03. The number of carbonyl (C=O) groups excluding carboxylic acids is 1. The third kappa shape index (κ3) is 2.89. The van der Waals surface area contributed by atoms with Crippen molar-refractivity contribution in [2.45, 2.75) is 39.8 Å². The van der Waals surface area contributed by atoms with Crippen LogP contribution in [0.25, 0.3) is 0 Å². The molecular formula is C11H19N3O. The number of ketones is 1. The molecule has 1 rings (SSSR count). The van der Waals surface area contributed by atoms with Crippen molar-refractivity contribution in [1.29, 1.82) is 0 Å². The van der Waals surface area contributed by atoms with Gasteiger partial charge in [0.15, 0.2) is 5.78 Å². The smallest absolute Gasteiger partial charge is 0.182 e. The molecule has 0 radical (unpaired) electrons. The summed E-state index contributed by atoms with van der Waals surface area (Å²) in [6.07, 6.45) is 4.37. The van der Waals surface area contributed by atoms with Crippen LogP contribution in [-0.2, 0) is 6.54 Å². The molecule has 15 heavy (non-hydrogen) atoms. The first kappa shape index (κ1) is 11.9. The second kappa shape index (κ2) is 5.07. The third-order valence-electron chi connectivity index (χ3n) is 2.39. The zero-order chi connectivity index (χ0) is 11.4. The van der Waals surface area contributed by atoms with Gasteiger partial charge in [-0.15, -0.1) is 0 Å². The van der Waals surface area contributed by atoms with Gasteiger partial charge in [-0.05, 0) is 12.3 Å². The molecular weight excluding hydrogens is 190 g/mol. The quantitative estimate of drug-likeness (QED) is 0.747. The lowest BCUT2D eigenvalue weighted by atomic mass is 9.98. The van der Waals surface area contributed by atoms with Crippen molar-refractivity contribution < 1.29 is 4.79 Å². The molecule has 1 unspecified atom stereocenters. The first-order valence-electron chi connectivity index (χ1n) is 5.38. The molecule has 0 aromatic carbocycles. The van der Waals surface area contributed by atoms with Crippen LogP contribution in [0.4, 0.5) is 0 Å². The summed E-state index contributed by atoms with van der Waals surface area (Å²) in [6.45, 7) is 6.80. The lowest BCUT2D eigenvalue weighted by Crippen LogP contribution is -2.35. The van der Waals surface area contributed by atoms with E-state index in [1.165, 1.54) is 0 Å². The fraction of sp³-hybridized carbons (Fsp3) is 0.636. The van der Waals surface area contributed by atoms with E-state index in [0.29, 0.717) is 5.56 Å². The summed E-state index contributed by atoms with van der Waals surface area (Å²) in [5.74, 6) is 0.138. The van der Waals surface area contributed by atoms with Gasteiger partial charge in [0.1, 0.15) is 0 Å². The molecule has 1 aromatic heterocycles. The van der Waals surface area contributed by atoms with Gasteiger partial charge in [-0.25, -0.2) is 0 Å². The molecule has 0 aliphatic heterocycles. The van der Waals surface area contributed by atoms with Crippen molar-refractivity contribution >= 4 is 5.78 Å². The van der Waals surface area contributed by atoms with Crippen molar-refractivity contribution in [1.82, 2.24) is 9.78 Å². The fourth-order valence-electron chi connectivity index (χ4n) is 1.34. The average Bonchev–Trinajstić information content (AvgIpc) is 2.64. The van der Waals surface area contributed by atoms with Gasteiger partial charge in [0.25, 0.3) is 0 Å². The first-order chi connectivity index (χ1) is 7.06. The molecule has 0 saturated carbocycles. The minimum Gasteiger partial charge on any atom is -0.321 e. The number of aryl methyl sites for hydroxylation is 1. The zero-order valence-corrected chi connectivity index (χ0v) is 9.60. The molecule has 0 fully saturated rings. The van der Waals surface area contributed by atoms with Crippen molar-refractivity contribution in [2.24, 2.45) is 11.7 Å². The number of hydrogen-bond donors (Lipinski definition) is 1. The molecule has 1 aromatic rings. The van der Waals surface area contributed by atoms with Crippen LogP contribution >= 0.6 is 0 Å². The van der Waals surface area contributed by atoms with Gasteiger partial charge < -0.3 is 5.73 Å². The van der Waals surface area contributed by atoms with Crippen LogP contribution in [0.15, 0.2) is 12.4 Å². The molecule has 0 aliphatic rings. The highest BCUT2D eigenvalue weighted by Gasteiger charge is 2.20. The van der Waals surface area contributed by atoms with E-state index < -0.39 is 6.04 Å². The van der Waals surface area contributed by atoms with E-state index >= 15 is 0 Å². The minimum atomic E-state index is -0.427. The van der Waals surface area contributed by atoms with Crippen LogP contribution in [0.5, 0.6) is 0 Å². The standard InChI is InChI=1S/C11H19N3O/c1-4-5-14-7-9(6-13-14)11(15)10(12)8(2)3/h6-8,10H,4-5,12H2,1-3H3. The first-order valence-corrected chi connectivity index (χ1v) is 5.38. The Bertz CT molecular complexity index is 330. The molecule has 4 nitrogen and oxygen atoms in total. The van der Waals surface area contributed by atoms with Gasteiger partial charge in [-0.3, -0.25) is 9.48 Å². The summed E-state index contributed by atoms with van der Waals surface area (Å²) in [5.41, 5.74) is 6.40. The van der Waals surface area contributed by atoms with Gasteiger partial charge >= 0.3 is 0 Å². The number of aromatic nitrogens is 2. The Morgan fingerprint density at radius 1 is 1.60 bits per heavy atom. The molecule has 2 N–H and O–H groups in total. The summed E-state index contributed by atoms with van der Waals surface area (Å²) in [4.78, 5) is 11.8. The van der Waals surface area contributed by atoms with Gasteiger partial charge in [0.05, 0.1) is 17.8 Å². The molecule has 0 bridgehead atoms. The van der Waals surface area contributed by atoms with E-state index in [1.807, 2.05) is 13.8 Å². The number of carbonyl (C=O) groups is 1. The maximum absolute atomic E-state index is 11.8. The summed E-state index contributed by atoms with van der Waals surface area (Å²) >= 11 is 0. The van der Waals surface area contributed by atoms with Gasteiger partial charge in [-0.2, -0.15) is 5.10 Å². The van der Waals surface area contributed by atoms with E-state index in [1.54, 1.807) is 17.1 Å². The van der Waals surface area contributed by atoms with Crippen LogP contribution in [0.3, 0.4) is 0 Å². The lowest BCUT2D eigenvalue weighted by molar-refractivity contribution is 0.0940. The van der Waals surface area contributed by atoms with Crippen molar-refractivity contribution in [3.63, 3.8) is 0 Å². The van der Waals surface area contributed by atoms with E-state index in [-0.39, 0.29) is 11.7 Å². The monoisotopic (exact) mass is 209 g/mol. The number of nitrogens with two attached hydrogens (primary N) is 1. The van der Waals surface area contributed by atoms with Crippen LogP contribution in [0.2, 0.25) is 0 Å². The molecule has 84 valence electrons. The summed E-state index contributed by atoms with van der Waals surface area (Å²) in [7, 11) is 0. The van der Waals surface area contributed by atoms with Crippen molar-refractivity contribution in [3.8, 4) is 0 Å². The molecule has 1 heterocycles. The van der Waals surface area contributed by atoms with E-state index in [9.17, 15) is 4.79 Å². The van der Waals surface area contributed by atoms with Crippen LogP contribution in [0, 0.1) is 5.92 Å². The van der Waals surface area contributed by atoms with E-state index in [0.717, 1.165) is 13.0 Å². The summed E-state index contributed by atoms with van der Waals surface area (Å²) in [5, 5.41) is 4.11. The minimum absolute atomic E-state index is 0.0210. The van der Waals surface area contributed by atoms with Crippen LogP contribution < -0.4 is 5.73 Å². The molecule has 0 amide bonds. The number of rotatable bonds is 5. The molecule has 1 atom stereocenters. The van der Waals surface area contributed by atoms with E-state index in [2.05, 4.69) is 12.0 Å². The van der Waals surface area contributed by atoms with Crippen molar-refractivity contribution in [3.05, 3.63) is 18.0 Å². The Morgan fingerprint density at radius 3 is 2.80 bits per heavy atom. The second-order valence-electron chi connectivity index (χ2n) is 4.13. The molecule has 0 spiro atoms. The number of Topliss-reactive ketones (excluding diaryl/α,β-unsaturated/α-hetero) is 1. The summed E-state index contributed by atoms with van der Waals surface area (Å²) < 4.78 is 1.78. The predicted molar refractivity (Wildman–Crippen MR) is 59.7 cm³/mol. The van der Waals surface area contributed by atoms with Crippen LogP contribution in [-0.4, -0.2) is 21.6 Å². The maximum Gasteiger partial charge on any atom is 0.182 e. The highest BCUT2D eigenvalue weighted by atomic mass is 16.1. The zero-order valence-electron chi connectivity index (χ0n) is 9.60. The predicted octanol–water partition coefficient (Wildman–Crippen LogP) is 1.46. The second-order valence-corrected chi connectivity index (χ2v) is 4.13. The average molecular weight is 209 g/mol. The third-order valence-corrected chi connectivity index (χ3v) is 2.39. The van der Waals surface area contributed by atoms with Gasteiger partial charge in [-0.1, -0.05) is 20.8 Å². The van der Waals surface area contributed by atoms with E-state index in [4.69, 9.17) is 5.73 Å². The highest BCUT2D eigenvalue weighted by Crippen LogP contribution is 2.08. The summed E-state index contributed by atoms with van der Waals surface area (Å²) in [6, 6.07) is -0.427. The molecule has 0 saturated heterocycles. The molecule has 0 aliphatic carbocycles. The Labute approximate surface area is 90.5 Å². The Balaban J connectivity index is 2.74. The van der Waals surface area contributed by atoms with Gasteiger partial charge in [0, 0.05) is 12.7 Å². The largest absolute Gasteiger partial charge is 0.321 e. The highest BCUT2D eigenvalue weighted by molar-refractivity contribution is 5.99. The Hall–Kier alpha value is -1.16. The number of nitrogens with zero attached hydrogens (tertiary/aromatic N) is 2. The fourth-order valence-corrected chi connectivity index (χ4v) is 1.34. The lowest BCUT2D eigenvalue weighted by Gasteiger charge is -2.12.